The summed E-state index contributed by atoms with van der Waals surface area (Å²) >= 11 is 0. The van der Waals surface area contributed by atoms with Gasteiger partial charge in [0.2, 0.25) is 0 Å². The first-order valence-electron chi connectivity index (χ1n) is 6.28. The van der Waals surface area contributed by atoms with Gasteiger partial charge in [0, 0.05) is 12.0 Å². The topological polar surface area (TPSA) is 67.5 Å². The molecule has 0 aliphatic carbocycles. The van der Waals surface area contributed by atoms with E-state index >= 15 is 0 Å². The Balaban J connectivity index is 1.96. The van der Waals surface area contributed by atoms with Gasteiger partial charge in [-0.2, -0.15) is 0 Å². The summed E-state index contributed by atoms with van der Waals surface area (Å²) in [7, 11) is 0. The quantitative estimate of drug-likeness (QED) is 0.570. The average Bonchev–Trinajstić information content (AvgIpc) is 2.47. The Morgan fingerprint density at radius 3 is 2.68 bits per heavy atom. The first-order valence-corrected chi connectivity index (χ1v) is 6.28. The highest BCUT2D eigenvalue weighted by molar-refractivity contribution is 5.43. The zero-order valence-corrected chi connectivity index (χ0v) is 10.4. The molecule has 0 unspecified atom stereocenters. The summed E-state index contributed by atoms with van der Waals surface area (Å²) in [6.45, 7) is 0. The molecule has 0 amide bonds. The van der Waals surface area contributed by atoms with Crippen molar-refractivity contribution in [2.45, 2.75) is 18.6 Å². The maximum Gasteiger partial charge on any atom is 0.126 e. The molecular weight excluding hydrogens is 240 g/mol. The summed E-state index contributed by atoms with van der Waals surface area (Å²) < 4.78 is 6.00. The molecular formula is C15H16N2O2. The number of fused-ring (bicyclic) bond motifs is 1. The normalized spacial score (nSPS) is 21.5. The van der Waals surface area contributed by atoms with Gasteiger partial charge in [-0.25, -0.2) is 0 Å². The number of ether oxygens (including phenoxy) is 1. The highest BCUT2D eigenvalue weighted by atomic mass is 16.5. The van der Waals surface area contributed by atoms with Crippen molar-refractivity contribution < 1.29 is 9.84 Å². The Bertz CT molecular complexity index is 572. The molecule has 2 aromatic carbocycles. The molecule has 4 heteroatoms. The minimum absolute atomic E-state index is 0.0268. The molecule has 4 N–H and O–H groups in total. The predicted octanol–water partition coefficient (Wildman–Crippen LogP) is 2.42. The Labute approximate surface area is 111 Å². The summed E-state index contributed by atoms with van der Waals surface area (Å²) in [5.74, 6) is 6.61. The lowest BCUT2D eigenvalue weighted by molar-refractivity contribution is 0.151. The Hall–Kier alpha value is -2.04. The number of hydrazine groups is 1. The first-order chi connectivity index (χ1) is 9.28. The smallest absolute Gasteiger partial charge is 0.126 e. The lowest BCUT2D eigenvalue weighted by atomic mass is 9.93. The van der Waals surface area contributed by atoms with E-state index in [2.05, 4.69) is 5.43 Å². The van der Waals surface area contributed by atoms with Crippen LogP contribution in [0.1, 0.15) is 29.7 Å². The zero-order valence-electron chi connectivity index (χ0n) is 10.4. The Kier molecular flexibility index (Phi) is 3.11. The number of benzene rings is 2. The van der Waals surface area contributed by atoms with Gasteiger partial charge in [0.25, 0.3) is 0 Å². The van der Waals surface area contributed by atoms with Crippen LogP contribution in [0.3, 0.4) is 0 Å². The second-order valence-electron chi connectivity index (χ2n) is 4.69. The van der Waals surface area contributed by atoms with Crippen molar-refractivity contribution in [1.29, 1.82) is 0 Å². The number of hydrogen-bond acceptors (Lipinski definition) is 4. The van der Waals surface area contributed by atoms with Crippen molar-refractivity contribution in [2.24, 2.45) is 5.84 Å². The molecule has 0 radical (unpaired) electrons. The van der Waals surface area contributed by atoms with Crippen LogP contribution in [0.5, 0.6) is 11.5 Å². The third-order valence-electron chi connectivity index (χ3n) is 3.46. The standard InChI is InChI=1S/C15H16N2O2/c16-17-13-9-15(10-4-2-1-3-5-10)19-14-7-6-11(18)8-12(13)14/h1-8,13,15,17-18H,9,16H2/t13-,15+/m0/s1. The van der Waals surface area contributed by atoms with Crippen LogP contribution in [0, 0.1) is 0 Å². The van der Waals surface area contributed by atoms with Crippen LogP contribution < -0.4 is 16.0 Å². The number of phenols is 1. The van der Waals surface area contributed by atoms with Crippen LogP contribution in [0.15, 0.2) is 48.5 Å². The monoisotopic (exact) mass is 256 g/mol. The first kappa shape index (κ1) is 12.0. The molecule has 4 nitrogen and oxygen atoms in total. The molecule has 2 atom stereocenters. The van der Waals surface area contributed by atoms with E-state index in [-0.39, 0.29) is 17.9 Å². The summed E-state index contributed by atoms with van der Waals surface area (Å²) in [5.41, 5.74) is 4.82. The van der Waals surface area contributed by atoms with Crippen molar-refractivity contribution in [3.63, 3.8) is 0 Å². The van der Waals surface area contributed by atoms with Crippen molar-refractivity contribution in [3.05, 3.63) is 59.7 Å². The van der Waals surface area contributed by atoms with Crippen LogP contribution >= 0.6 is 0 Å². The van der Waals surface area contributed by atoms with Crippen molar-refractivity contribution in [1.82, 2.24) is 5.43 Å². The molecule has 2 aromatic rings. The summed E-state index contributed by atoms with van der Waals surface area (Å²) in [4.78, 5) is 0. The van der Waals surface area contributed by atoms with Crippen molar-refractivity contribution in [3.8, 4) is 11.5 Å². The van der Waals surface area contributed by atoms with Gasteiger partial charge in [0.15, 0.2) is 0 Å². The van der Waals surface area contributed by atoms with E-state index in [0.717, 1.165) is 23.3 Å². The molecule has 3 rings (SSSR count). The van der Waals surface area contributed by atoms with Gasteiger partial charge in [-0.1, -0.05) is 30.3 Å². The fourth-order valence-electron chi connectivity index (χ4n) is 2.49. The molecule has 98 valence electrons. The molecule has 1 aliphatic heterocycles. The van der Waals surface area contributed by atoms with Gasteiger partial charge < -0.3 is 9.84 Å². The Morgan fingerprint density at radius 1 is 1.16 bits per heavy atom. The third-order valence-corrected chi connectivity index (χ3v) is 3.46. The molecule has 1 aliphatic rings. The van der Waals surface area contributed by atoms with Crippen LogP contribution in [0.2, 0.25) is 0 Å². The number of nitrogens with two attached hydrogens (primary N) is 1. The van der Waals surface area contributed by atoms with E-state index in [1.54, 1.807) is 18.2 Å². The minimum atomic E-state index is -0.0284. The fourth-order valence-corrected chi connectivity index (χ4v) is 2.49. The zero-order chi connectivity index (χ0) is 13.2. The van der Waals surface area contributed by atoms with Gasteiger partial charge in [-0.15, -0.1) is 0 Å². The average molecular weight is 256 g/mol. The van der Waals surface area contributed by atoms with Gasteiger partial charge in [0.05, 0.1) is 6.04 Å². The van der Waals surface area contributed by atoms with E-state index in [9.17, 15) is 5.11 Å². The fraction of sp³-hybridized carbons (Fsp3) is 0.200. The maximum atomic E-state index is 9.56. The predicted molar refractivity (Wildman–Crippen MR) is 72.6 cm³/mol. The SMILES string of the molecule is NN[C@H]1C[C@H](c2ccccc2)Oc2ccc(O)cc21. The van der Waals surface area contributed by atoms with E-state index in [4.69, 9.17) is 10.6 Å². The highest BCUT2D eigenvalue weighted by Crippen LogP contribution is 2.41. The summed E-state index contributed by atoms with van der Waals surface area (Å²) in [6, 6.07) is 15.1. The lowest BCUT2D eigenvalue weighted by Crippen LogP contribution is -2.33. The number of hydrogen-bond donors (Lipinski definition) is 3. The number of phenolic OH excluding ortho intramolecular Hbond substituents is 1. The van der Waals surface area contributed by atoms with E-state index in [1.165, 1.54) is 0 Å². The van der Waals surface area contributed by atoms with E-state index in [1.807, 2.05) is 30.3 Å². The Morgan fingerprint density at radius 2 is 1.95 bits per heavy atom. The lowest BCUT2D eigenvalue weighted by Gasteiger charge is -2.32. The molecule has 0 saturated carbocycles. The second kappa shape index (κ2) is 4.91. The van der Waals surface area contributed by atoms with Gasteiger partial charge in [-0.3, -0.25) is 11.3 Å². The van der Waals surface area contributed by atoms with E-state index in [0.29, 0.717) is 0 Å². The van der Waals surface area contributed by atoms with Crippen molar-refractivity contribution in [2.75, 3.05) is 0 Å². The summed E-state index contributed by atoms with van der Waals surface area (Å²) in [5, 5.41) is 9.56. The molecule has 0 bridgehead atoms. The van der Waals surface area contributed by atoms with E-state index < -0.39 is 0 Å². The maximum absolute atomic E-state index is 9.56. The van der Waals surface area contributed by atoms with Gasteiger partial charge >= 0.3 is 0 Å². The molecule has 19 heavy (non-hydrogen) atoms. The van der Waals surface area contributed by atoms with Gasteiger partial charge in [0.1, 0.15) is 17.6 Å². The van der Waals surface area contributed by atoms with Crippen LogP contribution in [-0.2, 0) is 0 Å². The van der Waals surface area contributed by atoms with Crippen LogP contribution in [0.25, 0.3) is 0 Å². The number of nitrogens with one attached hydrogen (secondary N) is 1. The minimum Gasteiger partial charge on any atom is -0.508 e. The highest BCUT2D eigenvalue weighted by Gasteiger charge is 2.28. The second-order valence-corrected chi connectivity index (χ2v) is 4.69. The summed E-state index contributed by atoms with van der Waals surface area (Å²) in [6.07, 6.45) is 0.705. The largest absolute Gasteiger partial charge is 0.508 e. The number of rotatable bonds is 2. The van der Waals surface area contributed by atoms with Crippen LogP contribution in [0.4, 0.5) is 0 Å². The van der Waals surface area contributed by atoms with Gasteiger partial charge in [-0.05, 0) is 23.8 Å². The van der Waals surface area contributed by atoms with Crippen LogP contribution in [-0.4, -0.2) is 5.11 Å². The molecule has 0 fully saturated rings. The number of aromatic hydroxyl groups is 1. The van der Waals surface area contributed by atoms with Crippen molar-refractivity contribution >= 4 is 0 Å². The third kappa shape index (κ3) is 2.28. The molecule has 0 saturated heterocycles. The molecule has 1 heterocycles. The molecule has 0 spiro atoms. The molecule has 0 aromatic heterocycles.